The summed E-state index contributed by atoms with van der Waals surface area (Å²) in [6, 6.07) is 6.03. The Hall–Kier alpha value is -1.63. The van der Waals surface area contributed by atoms with E-state index >= 15 is 0 Å². The van der Waals surface area contributed by atoms with Gasteiger partial charge < -0.3 is 13.3 Å². The van der Waals surface area contributed by atoms with Crippen molar-refractivity contribution in [3.05, 3.63) is 55.8 Å². The molecule has 0 atom stereocenters. The van der Waals surface area contributed by atoms with Crippen molar-refractivity contribution in [2.75, 3.05) is 0 Å². The zero-order valence-corrected chi connectivity index (χ0v) is 9.65. The molecule has 0 radical (unpaired) electrons. The average molecular weight is 228 g/mol. The molecule has 3 aromatic rings. The molecule has 0 saturated heterocycles. The van der Waals surface area contributed by atoms with E-state index in [1.54, 1.807) is 37.6 Å². The van der Waals surface area contributed by atoms with Crippen LogP contribution in [-0.4, -0.2) is 14.1 Å². The van der Waals surface area contributed by atoms with Crippen LogP contribution >= 0.6 is 0 Å². The Morgan fingerprint density at radius 3 is 1.25 bits per heavy atom. The highest BCUT2D eigenvalue weighted by molar-refractivity contribution is 6.95. The highest BCUT2D eigenvalue weighted by atomic mass is 27.2. The van der Waals surface area contributed by atoms with Crippen molar-refractivity contribution >= 4 is 27.4 Å². The predicted molar refractivity (Wildman–Crippen MR) is 60.8 cm³/mol. The van der Waals surface area contributed by atoms with E-state index in [1.807, 2.05) is 18.2 Å². The third-order valence-corrected chi connectivity index (χ3v) is 5.62. The lowest BCUT2D eigenvalue weighted by molar-refractivity contribution is 0.568. The molecule has 0 N–H and O–H groups in total. The minimum absolute atomic E-state index is 1.22. The Bertz CT molecular complexity index is 441. The van der Waals surface area contributed by atoms with Crippen LogP contribution in [0.1, 0.15) is 0 Å². The third kappa shape index (κ3) is 1.63. The summed E-state index contributed by atoms with van der Waals surface area (Å²) in [7, 11) is 0. The maximum Gasteiger partial charge on any atom is 0.398 e. The quantitative estimate of drug-likeness (QED) is 0.627. The highest BCUT2D eigenvalue weighted by Crippen LogP contribution is 1.96. The zero-order valence-electron chi connectivity index (χ0n) is 8.50. The van der Waals surface area contributed by atoms with E-state index in [0.717, 1.165) is 0 Å². The lowest BCUT2D eigenvalue weighted by atomic mass is 10.6. The Morgan fingerprint density at radius 1 is 0.625 bits per heavy atom. The van der Waals surface area contributed by atoms with Crippen LogP contribution in [0.5, 0.6) is 0 Å². The second-order valence-corrected chi connectivity index (χ2v) is 6.47. The van der Waals surface area contributed by atoms with Crippen LogP contribution in [0.25, 0.3) is 0 Å². The maximum absolute atomic E-state index is 5.17. The van der Waals surface area contributed by atoms with Crippen LogP contribution in [-0.2, 0) is 0 Å². The lowest BCUT2D eigenvalue weighted by Crippen LogP contribution is -2.50. The van der Waals surface area contributed by atoms with Gasteiger partial charge in [0.25, 0.3) is 0 Å². The van der Waals surface area contributed by atoms with Crippen molar-refractivity contribution in [3.8, 4) is 0 Å². The number of hydrogen-bond donors (Lipinski definition) is 0. The molecule has 0 aromatic carbocycles. The average Bonchev–Trinajstić information content (AvgIpc) is 3.02. The smallest absolute Gasteiger partial charge is 0.398 e. The van der Waals surface area contributed by atoms with Crippen molar-refractivity contribution in [1.82, 2.24) is 0 Å². The van der Waals surface area contributed by atoms with Gasteiger partial charge in [-0.1, -0.05) is 13.3 Å². The van der Waals surface area contributed by atoms with Gasteiger partial charge in [0, 0.05) is 0 Å². The van der Waals surface area contributed by atoms with E-state index in [-0.39, 0.29) is 0 Å². The first-order valence-electron chi connectivity index (χ1n) is 5.01. The fourth-order valence-corrected chi connectivity index (χ4v) is 4.51. The normalized spacial score (nSPS) is 10.5. The molecule has 16 heavy (non-hydrogen) atoms. The van der Waals surface area contributed by atoms with Crippen molar-refractivity contribution in [1.29, 1.82) is 0 Å². The van der Waals surface area contributed by atoms with E-state index < -0.39 is 14.1 Å². The van der Waals surface area contributed by atoms with Gasteiger partial charge in [-0.2, -0.15) is 0 Å². The topological polar surface area (TPSA) is 39.4 Å². The molecule has 0 bridgehead atoms. The molecule has 3 rings (SSSR count). The van der Waals surface area contributed by atoms with Crippen LogP contribution in [0.3, 0.4) is 0 Å². The largest absolute Gasteiger partial charge is 0.474 e. The summed E-state index contributed by atoms with van der Waals surface area (Å²) < 4.78 is 19.2. The molecule has 78 valence electrons. The molecule has 0 fully saturated rings. The third-order valence-electron chi connectivity index (χ3n) is 2.63. The van der Waals surface area contributed by atoms with Crippen molar-refractivity contribution in [3.63, 3.8) is 0 Å². The second kappa shape index (κ2) is 4.09. The first-order valence-corrected chi connectivity index (χ1v) is 6.74. The second-order valence-electron chi connectivity index (χ2n) is 3.60. The van der Waals surface area contributed by atoms with Gasteiger partial charge in [0.15, 0.2) is 0 Å². The molecule has 3 nitrogen and oxygen atoms in total. The Labute approximate surface area is 96.7 Å². The molecule has 3 heterocycles. The summed E-state index contributed by atoms with van der Waals surface area (Å²) in [5.74, 6) is 0. The molecule has 0 spiro atoms. The van der Waals surface area contributed by atoms with Crippen molar-refractivity contribution in [2.45, 2.75) is 0 Å². The molecule has 0 aliphatic heterocycles. The molecule has 0 saturated carbocycles. The monoisotopic (exact) mass is 228 g/mol. The first kappa shape index (κ1) is 9.59. The van der Waals surface area contributed by atoms with Crippen LogP contribution < -0.4 is 13.3 Å². The van der Waals surface area contributed by atoms with Gasteiger partial charge in [-0.25, -0.2) is 0 Å². The van der Waals surface area contributed by atoms with E-state index in [4.69, 9.17) is 13.3 Å². The van der Waals surface area contributed by atoms with Gasteiger partial charge in [-0.3, -0.25) is 0 Å². The number of furan rings is 3. The summed E-state index contributed by atoms with van der Waals surface area (Å²) in [5.41, 5.74) is 0. The van der Waals surface area contributed by atoms with Gasteiger partial charge in [-0.05, 0) is 18.2 Å². The summed E-state index contributed by atoms with van der Waals surface area (Å²) in [6.45, 7) is 0. The van der Waals surface area contributed by atoms with Crippen molar-refractivity contribution in [2.24, 2.45) is 0 Å². The first-order chi connectivity index (χ1) is 7.95. The van der Waals surface area contributed by atoms with Gasteiger partial charge in [0.05, 0.1) is 37.6 Å². The SMILES string of the molecule is c1c[c]([Al]([c]2ccoc2)[c]2ccoc2)co1. The highest BCUT2D eigenvalue weighted by Gasteiger charge is 2.28. The van der Waals surface area contributed by atoms with Crippen LogP contribution in [0.15, 0.2) is 69.0 Å². The fourth-order valence-electron chi connectivity index (χ4n) is 1.90. The Kier molecular flexibility index (Phi) is 2.45. The molecule has 0 aliphatic carbocycles. The molecule has 0 unspecified atom stereocenters. The van der Waals surface area contributed by atoms with E-state index in [1.165, 1.54) is 13.3 Å². The molecular weight excluding hydrogens is 219 g/mol. The van der Waals surface area contributed by atoms with E-state index in [9.17, 15) is 0 Å². The zero-order chi connectivity index (χ0) is 10.8. The standard InChI is InChI=1S/3C4H3O.Al/c3*1-2-4-5-3-1;/h3*1,3-4H;. The minimum Gasteiger partial charge on any atom is -0.474 e. The van der Waals surface area contributed by atoms with E-state index in [0.29, 0.717) is 0 Å². The van der Waals surface area contributed by atoms with Gasteiger partial charge in [0.2, 0.25) is 0 Å². The molecule has 0 aliphatic rings. The molecule has 4 heteroatoms. The summed E-state index contributed by atoms with van der Waals surface area (Å²) in [5, 5.41) is 0. The maximum atomic E-state index is 5.17. The van der Waals surface area contributed by atoms with Crippen LogP contribution in [0, 0.1) is 0 Å². The van der Waals surface area contributed by atoms with Gasteiger partial charge in [-0.15, -0.1) is 0 Å². The summed E-state index contributed by atoms with van der Waals surface area (Å²) >= 11 is -1.44. The summed E-state index contributed by atoms with van der Waals surface area (Å²) in [4.78, 5) is 0. The lowest BCUT2D eigenvalue weighted by Gasteiger charge is -2.03. The number of hydrogen-bond acceptors (Lipinski definition) is 3. The molecule has 3 aromatic heterocycles. The van der Waals surface area contributed by atoms with Crippen LogP contribution in [0.2, 0.25) is 0 Å². The van der Waals surface area contributed by atoms with Gasteiger partial charge >= 0.3 is 14.1 Å². The van der Waals surface area contributed by atoms with Crippen LogP contribution in [0.4, 0.5) is 0 Å². The van der Waals surface area contributed by atoms with Crippen molar-refractivity contribution < 1.29 is 13.3 Å². The fraction of sp³-hybridized carbons (Fsp3) is 0. The Morgan fingerprint density at radius 2 is 1.00 bits per heavy atom. The predicted octanol–water partition coefficient (Wildman–Crippen LogP) is 0.982. The molecular formula is C12H9AlO3. The Balaban J connectivity index is 2.09. The van der Waals surface area contributed by atoms with E-state index in [2.05, 4.69) is 0 Å². The van der Waals surface area contributed by atoms with Gasteiger partial charge in [0.1, 0.15) is 0 Å². The summed E-state index contributed by atoms with van der Waals surface area (Å²) in [6.07, 6.45) is 10.5. The number of rotatable bonds is 3. The molecule has 0 amide bonds. The minimum atomic E-state index is -1.44.